The van der Waals surface area contributed by atoms with Crippen molar-refractivity contribution in [2.45, 2.75) is 75.9 Å². The van der Waals surface area contributed by atoms with Crippen molar-refractivity contribution < 1.29 is 4.79 Å². The van der Waals surface area contributed by atoms with Crippen molar-refractivity contribution in [3.05, 3.63) is 0 Å². The van der Waals surface area contributed by atoms with Crippen molar-refractivity contribution in [1.29, 1.82) is 0 Å². The Bertz CT molecular complexity index is 433. The highest BCUT2D eigenvalue weighted by molar-refractivity contribution is 5.85. The van der Waals surface area contributed by atoms with E-state index in [2.05, 4.69) is 29.1 Å². The van der Waals surface area contributed by atoms with E-state index < -0.39 is 0 Å². The Morgan fingerprint density at radius 1 is 1.00 bits per heavy atom. The number of nitrogens with two attached hydrogens (primary N) is 1. The molecule has 3 aliphatic rings. The van der Waals surface area contributed by atoms with Gasteiger partial charge in [-0.3, -0.25) is 4.79 Å². The number of rotatable bonds is 3. The van der Waals surface area contributed by atoms with Gasteiger partial charge in [0.05, 0.1) is 5.92 Å². The number of amides is 1. The van der Waals surface area contributed by atoms with Crippen LogP contribution in [0.25, 0.3) is 0 Å². The molecule has 1 saturated carbocycles. The molecular formula is C19H38Cl2N4O. The van der Waals surface area contributed by atoms with Crippen LogP contribution in [0, 0.1) is 5.92 Å². The zero-order valence-corrected chi connectivity index (χ0v) is 18.0. The predicted octanol–water partition coefficient (Wildman–Crippen LogP) is 2.41. The van der Waals surface area contributed by atoms with Crippen LogP contribution in [0.5, 0.6) is 0 Å². The number of halogens is 2. The molecule has 0 aromatic heterocycles. The summed E-state index contributed by atoms with van der Waals surface area (Å²) < 4.78 is 0. The molecular weight excluding hydrogens is 371 g/mol. The van der Waals surface area contributed by atoms with Gasteiger partial charge in [0.1, 0.15) is 0 Å². The van der Waals surface area contributed by atoms with Crippen LogP contribution in [-0.4, -0.2) is 66.6 Å². The molecule has 3 N–H and O–H groups in total. The summed E-state index contributed by atoms with van der Waals surface area (Å²) in [4.78, 5) is 17.8. The Hall–Kier alpha value is -0.0700. The smallest absolute Gasteiger partial charge is 0.225 e. The highest BCUT2D eigenvalue weighted by Crippen LogP contribution is 2.32. The monoisotopic (exact) mass is 408 g/mol. The zero-order valence-electron chi connectivity index (χ0n) is 16.4. The quantitative estimate of drug-likeness (QED) is 0.752. The first-order chi connectivity index (χ1) is 11.5. The molecule has 2 heterocycles. The highest BCUT2D eigenvalue weighted by Gasteiger charge is 2.38. The average molecular weight is 409 g/mol. The lowest BCUT2D eigenvalue weighted by Crippen LogP contribution is -2.56. The molecule has 3 rings (SSSR count). The molecule has 1 aliphatic carbocycles. The maximum absolute atomic E-state index is 12.7. The van der Waals surface area contributed by atoms with E-state index in [1.807, 2.05) is 0 Å². The van der Waals surface area contributed by atoms with Gasteiger partial charge in [-0.25, -0.2) is 0 Å². The first kappa shape index (κ1) is 24.0. The Morgan fingerprint density at radius 3 is 2.19 bits per heavy atom. The molecule has 154 valence electrons. The summed E-state index contributed by atoms with van der Waals surface area (Å²) in [6, 6.07) is 1.10. The summed E-state index contributed by atoms with van der Waals surface area (Å²) in [7, 11) is 2.22. The fourth-order valence-electron chi connectivity index (χ4n) is 4.86. The normalized spacial score (nSPS) is 32.3. The fraction of sp³-hybridized carbons (Fsp3) is 0.947. The summed E-state index contributed by atoms with van der Waals surface area (Å²) in [5.41, 5.74) is 6.06. The highest BCUT2D eigenvalue weighted by atomic mass is 35.5. The van der Waals surface area contributed by atoms with Crippen LogP contribution in [0.2, 0.25) is 0 Å². The van der Waals surface area contributed by atoms with Crippen LogP contribution in [0.15, 0.2) is 0 Å². The number of nitrogens with one attached hydrogen (secondary N) is 1. The number of carbonyl (C=O) groups excluding carboxylic acids is 1. The van der Waals surface area contributed by atoms with Gasteiger partial charge < -0.3 is 20.9 Å². The molecule has 0 radical (unpaired) electrons. The van der Waals surface area contributed by atoms with Crippen LogP contribution in [0.4, 0.5) is 0 Å². The molecule has 0 bridgehead atoms. The third kappa shape index (κ3) is 5.96. The maximum Gasteiger partial charge on any atom is 0.225 e. The second kappa shape index (κ2) is 10.5. The van der Waals surface area contributed by atoms with Crippen LogP contribution in [-0.2, 0) is 4.79 Å². The molecule has 2 saturated heterocycles. The topological polar surface area (TPSA) is 61.6 Å². The molecule has 1 amide bonds. The van der Waals surface area contributed by atoms with E-state index >= 15 is 0 Å². The second-order valence-electron chi connectivity index (χ2n) is 8.66. The number of likely N-dealkylation sites (tertiary alicyclic amines) is 2. The number of hydrogen-bond donors (Lipinski definition) is 2. The van der Waals surface area contributed by atoms with E-state index in [1.165, 1.54) is 25.9 Å². The fourth-order valence-corrected chi connectivity index (χ4v) is 4.86. The predicted molar refractivity (Wildman–Crippen MR) is 112 cm³/mol. The number of hydrogen-bond acceptors (Lipinski definition) is 4. The van der Waals surface area contributed by atoms with Crippen LogP contribution < -0.4 is 11.1 Å². The second-order valence-corrected chi connectivity index (χ2v) is 8.66. The van der Waals surface area contributed by atoms with E-state index in [9.17, 15) is 4.79 Å². The molecule has 0 aromatic carbocycles. The minimum atomic E-state index is -0.322. The van der Waals surface area contributed by atoms with Gasteiger partial charge in [0.15, 0.2) is 0 Å². The summed E-state index contributed by atoms with van der Waals surface area (Å²) in [6.07, 6.45) is 8.98. The van der Waals surface area contributed by atoms with E-state index in [0.29, 0.717) is 6.04 Å². The van der Waals surface area contributed by atoms with E-state index in [0.717, 1.165) is 57.7 Å². The van der Waals surface area contributed by atoms with Crippen molar-refractivity contribution in [3.63, 3.8) is 0 Å². The van der Waals surface area contributed by atoms with Crippen LogP contribution >= 0.6 is 24.8 Å². The van der Waals surface area contributed by atoms with Crippen LogP contribution in [0.3, 0.4) is 0 Å². The van der Waals surface area contributed by atoms with Crippen molar-refractivity contribution in [3.8, 4) is 0 Å². The average Bonchev–Trinajstić information content (AvgIpc) is 2.56. The van der Waals surface area contributed by atoms with Crippen molar-refractivity contribution in [2.24, 2.45) is 11.7 Å². The number of piperidine rings is 2. The molecule has 2 atom stereocenters. The third-order valence-corrected chi connectivity index (χ3v) is 6.65. The Labute approximate surface area is 171 Å². The molecule has 0 aromatic rings. The van der Waals surface area contributed by atoms with Crippen LogP contribution in [0.1, 0.15) is 58.3 Å². The van der Waals surface area contributed by atoms with Gasteiger partial charge >= 0.3 is 0 Å². The minimum absolute atomic E-state index is 0. The minimum Gasteiger partial charge on any atom is -0.353 e. The number of nitrogens with zero attached hydrogens (tertiary/aromatic N) is 2. The van der Waals surface area contributed by atoms with E-state index in [4.69, 9.17) is 5.73 Å². The first-order valence-corrected chi connectivity index (χ1v) is 9.97. The first-order valence-electron chi connectivity index (χ1n) is 9.97. The molecule has 2 unspecified atom stereocenters. The lowest BCUT2D eigenvalue weighted by molar-refractivity contribution is -0.129. The lowest BCUT2D eigenvalue weighted by atomic mass is 9.74. The van der Waals surface area contributed by atoms with Gasteiger partial charge in [-0.2, -0.15) is 0 Å². The third-order valence-electron chi connectivity index (χ3n) is 6.65. The molecule has 2 aliphatic heterocycles. The van der Waals surface area contributed by atoms with Gasteiger partial charge in [0.2, 0.25) is 5.91 Å². The van der Waals surface area contributed by atoms with Gasteiger partial charge in [0.25, 0.3) is 0 Å². The SMILES string of the molecule is CN1CCC(N2CCC(NC(=O)C3CCCCC3(C)N)CC2)CC1.Cl.Cl. The van der Waals surface area contributed by atoms with Crippen molar-refractivity contribution in [1.82, 2.24) is 15.1 Å². The van der Waals surface area contributed by atoms with Gasteiger partial charge in [-0.05, 0) is 65.6 Å². The van der Waals surface area contributed by atoms with E-state index in [1.54, 1.807) is 0 Å². The molecule has 26 heavy (non-hydrogen) atoms. The zero-order chi connectivity index (χ0) is 17.2. The standard InChI is InChI=1S/C19H36N4O.2ClH/c1-19(20)10-4-3-5-17(19)18(24)21-15-6-13-23(14-7-15)16-8-11-22(2)12-9-16;;/h15-17H,3-14,20H2,1-2H3,(H,21,24);2*1H. The summed E-state index contributed by atoms with van der Waals surface area (Å²) >= 11 is 0. The largest absolute Gasteiger partial charge is 0.353 e. The van der Waals surface area contributed by atoms with Crippen molar-refractivity contribution in [2.75, 3.05) is 33.2 Å². The van der Waals surface area contributed by atoms with Crippen molar-refractivity contribution >= 4 is 30.7 Å². The summed E-state index contributed by atoms with van der Waals surface area (Å²) in [5, 5.41) is 3.32. The number of carbonyl (C=O) groups is 1. The van der Waals surface area contributed by atoms with Gasteiger partial charge in [-0.1, -0.05) is 12.8 Å². The Balaban J connectivity index is 0.00000169. The summed E-state index contributed by atoms with van der Waals surface area (Å²) in [6.45, 7) is 6.75. The van der Waals surface area contributed by atoms with Gasteiger partial charge in [0, 0.05) is 30.7 Å². The molecule has 3 fully saturated rings. The summed E-state index contributed by atoms with van der Waals surface area (Å²) in [5.74, 6) is 0.204. The lowest BCUT2D eigenvalue weighted by Gasteiger charge is -2.42. The molecule has 5 nitrogen and oxygen atoms in total. The maximum atomic E-state index is 12.7. The van der Waals surface area contributed by atoms with E-state index in [-0.39, 0.29) is 42.2 Å². The molecule has 7 heteroatoms. The molecule has 0 spiro atoms. The van der Waals surface area contributed by atoms with Gasteiger partial charge in [-0.15, -0.1) is 24.8 Å². The Kier molecular flexibility index (Phi) is 9.65. The Morgan fingerprint density at radius 2 is 1.62 bits per heavy atom.